The molecule has 9 rings (SSSR count). The van der Waals surface area contributed by atoms with E-state index in [2.05, 4.69) is 157 Å². The van der Waals surface area contributed by atoms with Gasteiger partial charge in [-0.25, -0.2) is 4.98 Å². The molecule has 0 saturated heterocycles. The van der Waals surface area contributed by atoms with Crippen molar-refractivity contribution in [2.45, 2.75) is 26.2 Å². The van der Waals surface area contributed by atoms with E-state index in [9.17, 15) is 0 Å². The quantitative estimate of drug-likeness (QED) is 0.197. The number of para-hydroxylation sites is 3. The van der Waals surface area contributed by atoms with Crippen molar-refractivity contribution in [1.82, 2.24) is 24.1 Å². The van der Waals surface area contributed by atoms with Gasteiger partial charge in [-0.3, -0.25) is 4.57 Å². The number of benzene rings is 6. The van der Waals surface area contributed by atoms with Crippen molar-refractivity contribution in [1.29, 1.82) is 0 Å². The highest BCUT2D eigenvalue weighted by molar-refractivity contribution is 6.23. The normalized spacial score (nSPS) is 12.1. The molecule has 0 radical (unpaired) electrons. The van der Waals surface area contributed by atoms with Gasteiger partial charge in [-0.2, -0.15) is 9.97 Å². The Morgan fingerprint density at radius 2 is 0.896 bits per heavy atom. The molecule has 0 spiro atoms. The fourth-order valence-electron chi connectivity index (χ4n) is 6.98. The summed E-state index contributed by atoms with van der Waals surface area (Å²) in [6, 6.07) is 51.2. The molecule has 0 aliphatic rings. The standard InChI is InChI=1S/C43H33N5/c1-43(2,3)30-24-22-29(23-25-30)41-44-40(28-14-6-4-7-15-28)45-42(46-41)48-37-21-13-11-19-33(37)35-27-26-34-32-18-10-12-20-36(32)47(38(34)39(35)48)31-16-8-5-9-17-31/h4-27H,1-3H3. The summed E-state index contributed by atoms with van der Waals surface area (Å²) in [5.41, 5.74) is 8.69. The maximum absolute atomic E-state index is 5.26. The summed E-state index contributed by atoms with van der Waals surface area (Å²) in [6.45, 7) is 6.69. The van der Waals surface area contributed by atoms with Crippen LogP contribution >= 0.6 is 0 Å². The second-order valence-electron chi connectivity index (χ2n) is 13.4. The highest BCUT2D eigenvalue weighted by Crippen LogP contribution is 2.41. The first-order chi connectivity index (χ1) is 23.5. The van der Waals surface area contributed by atoms with E-state index in [1.54, 1.807) is 0 Å². The minimum absolute atomic E-state index is 0.0452. The second kappa shape index (κ2) is 10.7. The number of aromatic nitrogens is 5. The lowest BCUT2D eigenvalue weighted by Crippen LogP contribution is -2.11. The van der Waals surface area contributed by atoms with Crippen LogP contribution in [0.15, 0.2) is 146 Å². The first kappa shape index (κ1) is 28.2. The lowest BCUT2D eigenvalue weighted by Gasteiger charge is -2.19. The molecule has 0 aliphatic heterocycles. The van der Waals surface area contributed by atoms with E-state index in [0.717, 1.165) is 49.7 Å². The van der Waals surface area contributed by atoms with E-state index in [4.69, 9.17) is 15.0 Å². The third kappa shape index (κ3) is 4.43. The average molecular weight is 620 g/mol. The second-order valence-corrected chi connectivity index (χ2v) is 13.4. The van der Waals surface area contributed by atoms with Gasteiger partial charge in [0, 0.05) is 38.4 Å². The molecule has 6 aromatic carbocycles. The van der Waals surface area contributed by atoms with Crippen molar-refractivity contribution in [2.24, 2.45) is 0 Å². The minimum Gasteiger partial charge on any atom is -0.307 e. The average Bonchev–Trinajstić information content (AvgIpc) is 3.65. The molecule has 5 heteroatoms. The summed E-state index contributed by atoms with van der Waals surface area (Å²) in [5.74, 6) is 1.86. The van der Waals surface area contributed by atoms with E-state index in [1.807, 2.05) is 18.2 Å². The molecular weight excluding hydrogens is 587 g/mol. The monoisotopic (exact) mass is 619 g/mol. The van der Waals surface area contributed by atoms with Crippen molar-refractivity contribution in [3.05, 3.63) is 151 Å². The third-order valence-corrected chi connectivity index (χ3v) is 9.35. The Balaban J connectivity index is 1.42. The number of rotatable bonds is 4. The van der Waals surface area contributed by atoms with Gasteiger partial charge in [-0.1, -0.05) is 142 Å². The van der Waals surface area contributed by atoms with Crippen molar-refractivity contribution in [3.63, 3.8) is 0 Å². The first-order valence-corrected chi connectivity index (χ1v) is 16.4. The maximum atomic E-state index is 5.26. The van der Waals surface area contributed by atoms with Gasteiger partial charge in [0.05, 0.1) is 22.1 Å². The van der Waals surface area contributed by atoms with Gasteiger partial charge in [0.15, 0.2) is 11.6 Å². The van der Waals surface area contributed by atoms with Crippen LogP contribution in [-0.4, -0.2) is 24.1 Å². The van der Waals surface area contributed by atoms with Crippen molar-refractivity contribution >= 4 is 43.6 Å². The molecule has 0 N–H and O–H groups in total. The number of hydrogen-bond donors (Lipinski definition) is 0. The van der Waals surface area contributed by atoms with Crippen LogP contribution in [0.2, 0.25) is 0 Å². The number of fused-ring (bicyclic) bond motifs is 7. The Hall–Kier alpha value is -6.07. The van der Waals surface area contributed by atoms with Gasteiger partial charge in [0.25, 0.3) is 0 Å². The van der Waals surface area contributed by atoms with Crippen LogP contribution in [0.25, 0.3) is 78.0 Å². The molecule has 0 amide bonds. The van der Waals surface area contributed by atoms with Gasteiger partial charge < -0.3 is 4.57 Å². The molecule has 0 fully saturated rings. The SMILES string of the molecule is CC(C)(C)c1ccc(-c2nc(-c3ccccc3)nc(-n3c4ccccc4c4ccc5c6ccccc6n(-c6ccccc6)c5c43)n2)cc1. The van der Waals surface area contributed by atoms with E-state index >= 15 is 0 Å². The number of hydrogen-bond acceptors (Lipinski definition) is 3. The Bertz CT molecular complexity index is 2620. The minimum atomic E-state index is 0.0452. The molecule has 230 valence electrons. The summed E-state index contributed by atoms with van der Waals surface area (Å²) < 4.78 is 4.63. The summed E-state index contributed by atoms with van der Waals surface area (Å²) in [6.07, 6.45) is 0. The summed E-state index contributed by atoms with van der Waals surface area (Å²) in [4.78, 5) is 15.5. The first-order valence-electron chi connectivity index (χ1n) is 16.4. The highest BCUT2D eigenvalue weighted by atomic mass is 15.2. The van der Waals surface area contributed by atoms with E-state index in [0.29, 0.717) is 17.6 Å². The smallest absolute Gasteiger partial charge is 0.238 e. The molecule has 0 aliphatic carbocycles. The molecular formula is C43H33N5. The van der Waals surface area contributed by atoms with Gasteiger partial charge in [0.1, 0.15) is 0 Å². The molecule has 0 saturated carbocycles. The Kier molecular flexibility index (Phi) is 6.31. The number of nitrogens with zero attached hydrogens (tertiary/aromatic N) is 5. The van der Waals surface area contributed by atoms with Crippen molar-refractivity contribution in [2.75, 3.05) is 0 Å². The molecule has 3 heterocycles. The highest BCUT2D eigenvalue weighted by Gasteiger charge is 2.23. The fraction of sp³-hybridized carbons (Fsp3) is 0.0930. The van der Waals surface area contributed by atoms with Crippen LogP contribution in [0.4, 0.5) is 0 Å². The molecule has 5 nitrogen and oxygen atoms in total. The molecule has 0 bridgehead atoms. The van der Waals surface area contributed by atoms with Gasteiger partial charge in [-0.05, 0) is 35.2 Å². The topological polar surface area (TPSA) is 48.5 Å². The van der Waals surface area contributed by atoms with Crippen LogP contribution in [0.5, 0.6) is 0 Å². The molecule has 9 aromatic rings. The van der Waals surface area contributed by atoms with Gasteiger partial charge >= 0.3 is 0 Å². The lowest BCUT2D eigenvalue weighted by molar-refractivity contribution is 0.590. The maximum Gasteiger partial charge on any atom is 0.238 e. The predicted molar refractivity (Wildman–Crippen MR) is 198 cm³/mol. The van der Waals surface area contributed by atoms with Crippen LogP contribution in [0, 0.1) is 0 Å². The van der Waals surface area contributed by atoms with Crippen LogP contribution in [-0.2, 0) is 5.41 Å². The Morgan fingerprint density at radius 1 is 0.417 bits per heavy atom. The fourth-order valence-corrected chi connectivity index (χ4v) is 6.98. The summed E-state index contributed by atoms with van der Waals surface area (Å²) >= 11 is 0. The van der Waals surface area contributed by atoms with Crippen LogP contribution in [0.1, 0.15) is 26.3 Å². The Labute approximate surface area is 278 Å². The lowest BCUT2D eigenvalue weighted by atomic mass is 9.87. The zero-order chi connectivity index (χ0) is 32.4. The van der Waals surface area contributed by atoms with Crippen molar-refractivity contribution in [3.8, 4) is 34.4 Å². The molecule has 48 heavy (non-hydrogen) atoms. The van der Waals surface area contributed by atoms with E-state index < -0.39 is 0 Å². The van der Waals surface area contributed by atoms with Crippen molar-refractivity contribution < 1.29 is 0 Å². The molecule has 0 atom stereocenters. The molecule has 0 unspecified atom stereocenters. The predicted octanol–water partition coefficient (Wildman–Crippen LogP) is 10.7. The van der Waals surface area contributed by atoms with Crippen LogP contribution < -0.4 is 0 Å². The van der Waals surface area contributed by atoms with E-state index in [-0.39, 0.29) is 5.41 Å². The summed E-state index contributed by atoms with van der Waals surface area (Å²) in [5, 5.41) is 4.68. The Morgan fingerprint density at radius 3 is 1.48 bits per heavy atom. The molecule has 3 aromatic heterocycles. The zero-order valence-electron chi connectivity index (χ0n) is 27.1. The van der Waals surface area contributed by atoms with Gasteiger partial charge in [-0.15, -0.1) is 0 Å². The van der Waals surface area contributed by atoms with Crippen LogP contribution in [0.3, 0.4) is 0 Å². The van der Waals surface area contributed by atoms with E-state index in [1.165, 1.54) is 16.3 Å². The largest absolute Gasteiger partial charge is 0.307 e. The zero-order valence-corrected chi connectivity index (χ0v) is 27.1. The van der Waals surface area contributed by atoms with Gasteiger partial charge in [0.2, 0.25) is 5.95 Å². The summed E-state index contributed by atoms with van der Waals surface area (Å²) in [7, 11) is 0. The third-order valence-electron chi connectivity index (χ3n) is 9.35.